The van der Waals surface area contributed by atoms with Gasteiger partial charge in [-0.05, 0) is 22.4 Å². The van der Waals surface area contributed by atoms with Gasteiger partial charge in [0.25, 0.3) is 0 Å². The summed E-state index contributed by atoms with van der Waals surface area (Å²) < 4.78 is 21.7. The zero-order valence-corrected chi connectivity index (χ0v) is 9.31. The average molecular weight is 233 g/mol. The van der Waals surface area contributed by atoms with Crippen molar-refractivity contribution in [3.63, 3.8) is 0 Å². The third kappa shape index (κ3) is 2.48. The summed E-state index contributed by atoms with van der Waals surface area (Å²) in [6, 6.07) is 13.5. The quantitative estimate of drug-likeness (QED) is 0.863. The van der Waals surface area contributed by atoms with Crippen molar-refractivity contribution in [2.24, 2.45) is 5.14 Å². The molecule has 0 atom stereocenters. The van der Waals surface area contributed by atoms with Crippen molar-refractivity contribution >= 4 is 26.9 Å². The highest BCUT2D eigenvalue weighted by Gasteiger charge is 1.98. The van der Waals surface area contributed by atoms with E-state index in [-0.39, 0.29) is 0 Å². The summed E-state index contributed by atoms with van der Waals surface area (Å²) in [5.41, 5.74) is 0.840. The number of hydrogen-bond acceptors (Lipinski definition) is 2. The fourth-order valence-corrected chi connectivity index (χ4v) is 1.90. The van der Waals surface area contributed by atoms with Gasteiger partial charge in [0.1, 0.15) is 0 Å². The molecule has 16 heavy (non-hydrogen) atoms. The lowest BCUT2D eigenvalue weighted by molar-refractivity contribution is 0.606. The molecule has 0 saturated carbocycles. The summed E-state index contributed by atoms with van der Waals surface area (Å²) in [7, 11) is -3.57. The molecule has 0 unspecified atom stereocenters. The molecule has 0 heterocycles. The van der Waals surface area contributed by atoms with Gasteiger partial charge < -0.3 is 0 Å². The zero-order chi connectivity index (χ0) is 11.6. The largest absolute Gasteiger partial charge is 0.231 e. The van der Waals surface area contributed by atoms with Crippen LogP contribution in [0.15, 0.2) is 47.9 Å². The van der Waals surface area contributed by atoms with E-state index in [0.29, 0.717) is 0 Å². The summed E-state index contributed by atoms with van der Waals surface area (Å²) in [4.78, 5) is 0. The number of fused-ring (bicyclic) bond motifs is 1. The smallest absolute Gasteiger partial charge is 0.225 e. The van der Waals surface area contributed by atoms with Crippen molar-refractivity contribution in [2.45, 2.75) is 0 Å². The molecule has 4 heteroatoms. The first-order valence-electron chi connectivity index (χ1n) is 4.75. The molecular weight excluding hydrogens is 222 g/mol. The Hall–Kier alpha value is -1.65. The van der Waals surface area contributed by atoms with Crippen LogP contribution < -0.4 is 5.14 Å². The summed E-state index contributed by atoms with van der Waals surface area (Å²) in [5.74, 6) is 0. The minimum atomic E-state index is -3.57. The first-order valence-corrected chi connectivity index (χ1v) is 6.36. The second-order valence-corrected chi connectivity index (χ2v) is 4.91. The Morgan fingerprint density at radius 1 is 1.00 bits per heavy atom. The van der Waals surface area contributed by atoms with Crippen molar-refractivity contribution in [3.05, 3.63) is 53.4 Å². The number of sulfonamides is 1. The minimum Gasteiger partial charge on any atom is -0.225 e. The first-order chi connectivity index (χ1) is 7.56. The van der Waals surface area contributed by atoms with Crippen LogP contribution in [0, 0.1) is 0 Å². The Bertz CT molecular complexity index is 640. The molecule has 0 fully saturated rings. The van der Waals surface area contributed by atoms with E-state index in [0.717, 1.165) is 21.7 Å². The molecule has 0 bridgehead atoms. The summed E-state index contributed by atoms with van der Waals surface area (Å²) in [5, 5.41) is 7.99. The second kappa shape index (κ2) is 4.08. The summed E-state index contributed by atoms with van der Waals surface area (Å²) in [6.07, 6.45) is 1.51. The molecule has 0 aliphatic heterocycles. The van der Waals surface area contributed by atoms with E-state index in [2.05, 4.69) is 0 Å². The number of benzene rings is 2. The molecule has 2 rings (SSSR count). The molecule has 2 N–H and O–H groups in total. The Balaban J connectivity index is 2.57. The third-order valence-corrected chi connectivity index (χ3v) is 2.78. The van der Waals surface area contributed by atoms with Crippen LogP contribution in [-0.2, 0) is 10.0 Å². The molecule has 82 valence electrons. The Morgan fingerprint density at radius 3 is 2.44 bits per heavy atom. The predicted octanol–water partition coefficient (Wildman–Crippen LogP) is 2.10. The van der Waals surface area contributed by atoms with Crippen LogP contribution in [0.5, 0.6) is 0 Å². The van der Waals surface area contributed by atoms with Crippen molar-refractivity contribution < 1.29 is 8.42 Å². The van der Waals surface area contributed by atoms with Crippen LogP contribution >= 0.6 is 0 Å². The minimum absolute atomic E-state index is 0.840. The maximum absolute atomic E-state index is 10.8. The van der Waals surface area contributed by atoms with E-state index in [1.807, 2.05) is 42.5 Å². The Labute approximate surface area is 94.3 Å². The standard InChI is InChI=1S/C12H11NO2S/c13-16(14,15)9-8-11-6-3-5-10-4-1-2-7-12(10)11/h1-9H,(H2,13,14,15)/b9-8+. The van der Waals surface area contributed by atoms with E-state index in [1.54, 1.807) is 0 Å². The zero-order valence-electron chi connectivity index (χ0n) is 8.50. The van der Waals surface area contributed by atoms with Crippen molar-refractivity contribution in [3.8, 4) is 0 Å². The van der Waals surface area contributed by atoms with Gasteiger partial charge in [-0.15, -0.1) is 0 Å². The molecule has 0 spiro atoms. The Morgan fingerprint density at radius 2 is 1.69 bits per heavy atom. The fraction of sp³-hybridized carbons (Fsp3) is 0. The van der Waals surface area contributed by atoms with Gasteiger partial charge in [-0.3, -0.25) is 0 Å². The third-order valence-electron chi connectivity index (χ3n) is 2.26. The lowest BCUT2D eigenvalue weighted by Gasteiger charge is -2.00. The molecule has 0 aliphatic rings. The highest BCUT2D eigenvalue weighted by Crippen LogP contribution is 2.19. The summed E-state index contributed by atoms with van der Waals surface area (Å²) in [6.45, 7) is 0. The van der Waals surface area contributed by atoms with E-state index in [9.17, 15) is 8.42 Å². The van der Waals surface area contributed by atoms with Gasteiger partial charge in [0.2, 0.25) is 10.0 Å². The van der Waals surface area contributed by atoms with Gasteiger partial charge >= 0.3 is 0 Å². The highest BCUT2D eigenvalue weighted by atomic mass is 32.2. The number of rotatable bonds is 2. The molecule has 0 aliphatic carbocycles. The van der Waals surface area contributed by atoms with Crippen LogP contribution in [0.2, 0.25) is 0 Å². The average Bonchev–Trinajstić information content (AvgIpc) is 2.25. The van der Waals surface area contributed by atoms with E-state index in [4.69, 9.17) is 5.14 Å². The number of nitrogens with two attached hydrogens (primary N) is 1. The highest BCUT2D eigenvalue weighted by molar-refractivity contribution is 7.92. The monoisotopic (exact) mass is 233 g/mol. The van der Waals surface area contributed by atoms with Gasteiger partial charge in [0.05, 0.1) is 0 Å². The molecule has 0 radical (unpaired) electrons. The van der Waals surface area contributed by atoms with E-state index >= 15 is 0 Å². The number of hydrogen-bond donors (Lipinski definition) is 1. The second-order valence-electron chi connectivity index (χ2n) is 3.46. The van der Waals surface area contributed by atoms with Crippen LogP contribution in [0.3, 0.4) is 0 Å². The molecule has 0 aromatic heterocycles. The van der Waals surface area contributed by atoms with Crippen molar-refractivity contribution in [2.75, 3.05) is 0 Å². The van der Waals surface area contributed by atoms with Crippen LogP contribution in [-0.4, -0.2) is 8.42 Å². The van der Waals surface area contributed by atoms with Crippen LogP contribution in [0.1, 0.15) is 5.56 Å². The normalized spacial score (nSPS) is 12.3. The maximum Gasteiger partial charge on any atom is 0.231 e. The SMILES string of the molecule is NS(=O)(=O)/C=C/c1cccc2ccccc12. The van der Waals surface area contributed by atoms with Crippen molar-refractivity contribution in [1.29, 1.82) is 0 Å². The maximum atomic E-state index is 10.8. The fourth-order valence-electron chi connectivity index (χ4n) is 1.56. The lowest BCUT2D eigenvalue weighted by atomic mass is 10.1. The van der Waals surface area contributed by atoms with Gasteiger partial charge in [-0.1, -0.05) is 42.5 Å². The summed E-state index contributed by atoms with van der Waals surface area (Å²) >= 11 is 0. The molecule has 2 aromatic carbocycles. The predicted molar refractivity (Wildman–Crippen MR) is 66.1 cm³/mol. The van der Waals surface area contributed by atoms with Crippen molar-refractivity contribution in [1.82, 2.24) is 0 Å². The Kier molecular flexibility index (Phi) is 2.77. The van der Waals surface area contributed by atoms with E-state index in [1.165, 1.54) is 6.08 Å². The topological polar surface area (TPSA) is 60.2 Å². The van der Waals surface area contributed by atoms with Gasteiger partial charge in [0, 0.05) is 5.41 Å². The number of primary sulfonamides is 1. The van der Waals surface area contributed by atoms with Crippen LogP contribution in [0.25, 0.3) is 16.8 Å². The molecular formula is C12H11NO2S. The molecule has 2 aromatic rings. The first kappa shape index (κ1) is 10.9. The van der Waals surface area contributed by atoms with Gasteiger partial charge in [-0.25, -0.2) is 13.6 Å². The lowest BCUT2D eigenvalue weighted by Crippen LogP contribution is -2.06. The molecule has 0 saturated heterocycles. The van der Waals surface area contributed by atoms with Gasteiger partial charge in [0.15, 0.2) is 0 Å². The molecule has 3 nitrogen and oxygen atoms in total. The molecule has 0 amide bonds. The van der Waals surface area contributed by atoms with Gasteiger partial charge in [-0.2, -0.15) is 0 Å². The van der Waals surface area contributed by atoms with Crippen LogP contribution in [0.4, 0.5) is 0 Å². The van der Waals surface area contributed by atoms with E-state index < -0.39 is 10.0 Å².